The van der Waals surface area contributed by atoms with Gasteiger partial charge < -0.3 is 5.32 Å². The molecule has 0 bridgehead atoms. The third-order valence-corrected chi connectivity index (χ3v) is 4.38. The zero-order chi connectivity index (χ0) is 15.6. The second kappa shape index (κ2) is 6.00. The number of hydrogen-bond acceptors (Lipinski definition) is 3. The smallest absolute Gasteiger partial charge is 0.295 e. The van der Waals surface area contributed by atoms with Crippen molar-refractivity contribution in [3.8, 4) is 0 Å². The monoisotopic (exact) mass is 294 g/mol. The highest BCUT2D eigenvalue weighted by molar-refractivity contribution is 5.62. The van der Waals surface area contributed by atoms with Crippen LogP contribution in [0.25, 0.3) is 0 Å². The fraction of sp³-hybridized carbons (Fsp3) is 0.625. The number of rotatable bonds is 3. The number of nitrogens with zero attached hydrogens (tertiary/aromatic N) is 1. The minimum atomic E-state index is -0.580. The minimum absolute atomic E-state index is 0.146. The number of benzene rings is 1. The molecular weight excluding hydrogens is 271 g/mol. The Morgan fingerprint density at radius 2 is 1.95 bits per heavy atom. The average Bonchev–Trinajstić information content (AvgIpc) is 2.40. The van der Waals surface area contributed by atoms with Crippen molar-refractivity contribution in [2.45, 2.75) is 52.5 Å². The van der Waals surface area contributed by atoms with E-state index in [1.165, 1.54) is 18.6 Å². The maximum absolute atomic E-state index is 13.2. The number of nitrogens with one attached hydrogen (secondary N) is 1. The molecule has 1 aromatic carbocycles. The number of anilines is 1. The second-order valence-electron chi connectivity index (χ2n) is 6.93. The number of halogens is 1. The normalized spacial score (nSPS) is 22.9. The summed E-state index contributed by atoms with van der Waals surface area (Å²) in [4.78, 5) is 10.6. The lowest BCUT2D eigenvalue weighted by Crippen LogP contribution is -2.39. The lowest BCUT2D eigenvalue weighted by Gasteiger charge is -2.41. The van der Waals surface area contributed by atoms with E-state index in [9.17, 15) is 14.5 Å². The van der Waals surface area contributed by atoms with Gasteiger partial charge in [0.05, 0.1) is 11.0 Å². The van der Waals surface area contributed by atoms with Crippen LogP contribution in [0.1, 0.15) is 46.5 Å². The van der Waals surface area contributed by atoms with Gasteiger partial charge in [-0.3, -0.25) is 10.1 Å². The molecule has 0 radical (unpaired) electrons. The van der Waals surface area contributed by atoms with Crippen molar-refractivity contribution in [3.05, 3.63) is 34.1 Å². The molecule has 1 fully saturated rings. The van der Waals surface area contributed by atoms with Gasteiger partial charge >= 0.3 is 0 Å². The van der Waals surface area contributed by atoms with Crippen LogP contribution in [0.2, 0.25) is 0 Å². The largest absolute Gasteiger partial charge is 0.376 e. The van der Waals surface area contributed by atoms with E-state index < -0.39 is 10.7 Å². The molecule has 1 aliphatic rings. The van der Waals surface area contributed by atoms with E-state index in [0.717, 1.165) is 25.3 Å². The number of nitro groups is 1. The Hall–Kier alpha value is -1.65. The molecule has 5 heteroatoms. The van der Waals surface area contributed by atoms with Crippen LogP contribution in [0.5, 0.6) is 0 Å². The maximum atomic E-state index is 13.2. The van der Waals surface area contributed by atoms with Gasteiger partial charge in [0.2, 0.25) is 0 Å². The van der Waals surface area contributed by atoms with Crippen molar-refractivity contribution in [1.29, 1.82) is 0 Å². The molecule has 0 spiro atoms. The van der Waals surface area contributed by atoms with E-state index in [-0.39, 0.29) is 17.1 Å². The zero-order valence-electron chi connectivity index (χ0n) is 12.9. The Balaban J connectivity index is 2.25. The van der Waals surface area contributed by atoms with Gasteiger partial charge in [-0.2, -0.15) is 0 Å². The molecule has 21 heavy (non-hydrogen) atoms. The van der Waals surface area contributed by atoms with Crippen LogP contribution in [0.3, 0.4) is 0 Å². The van der Waals surface area contributed by atoms with Gasteiger partial charge in [-0.1, -0.05) is 33.6 Å². The van der Waals surface area contributed by atoms with Crippen LogP contribution < -0.4 is 5.32 Å². The highest BCUT2D eigenvalue weighted by Crippen LogP contribution is 2.40. The summed E-state index contributed by atoms with van der Waals surface area (Å²) in [6.07, 6.45) is 4.44. The molecule has 0 heterocycles. The van der Waals surface area contributed by atoms with Gasteiger partial charge in [0, 0.05) is 6.04 Å². The molecular formula is C16H23FN2O2. The minimum Gasteiger partial charge on any atom is -0.376 e. The molecule has 1 N–H and O–H groups in total. The van der Waals surface area contributed by atoms with Crippen molar-refractivity contribution in [3.63, 3.8) is 0 Å². The SMILES string of the molecule is CC(C)(C)C1CCCCC1Nc1ccc(F)cc1[N+](=O)[O-]. The van der Waals surface area contributed by atoms with Crippen molar-refractivity contribution >= 4 is 11.4 Å². The summed E-state index contributed by atoms with van der Waals surface area (Å²) in [6, 6.07) is 3.92. The molecule has 4 nitrogen and oxygen atoms in total. The Morgan fingerprint density at radius 3 is 2.57 bits per heavy atom. The standard InChI is InChI=1S/C16H23FN2O2/c1-16(2,3)12-6-4-5-7-13(12)18-14-9-8-11(17)10-15(14)19(20)21/h8-10,12-13,18H,4-7H2,1-3H3. The molecule has 0 amide bonds. The summed E-state index contributed by atoms with van der Waals surface area (Å²) in [6.45, 7) is 6.62. The highest BCUT2D eigenvalue weighted by Gasteiger charge is 2.34. The third-order valence-electron chi connectivity index (χ3n) is 4.38. The summed E-state index contributed by atoms with van der Waals surface area (Å²) < 4.78 is 13.2. The fourth-order valence-electron chi connectivity index (χ4n) is 3.32. The van der Waals surface area contributed by atoms with Crippen molar-refractivity contribution in [2.75, 3.05) is 5.32 Å². The predicted octanol–water partition coefficient (Wildman–Crippen LogP) is 4.75. The first-order valence-corrected chi connectivity index (χ1v) is 7.49. The molecule has 1 aromatic rings. The van der Waals surface area contributed by atoms with Crippen LogP contribution >= 0.6 is 0 Å². The summed E-state index contributed by atoms with van der Waals surface area (Å²) in [5.74, 6) is -0.126. The van der Waals surface area contributed by atoms with Crippen molar-refractivity contribution in [2.24, 2.45) is 11.3 Å². The van der Waals surface area contributed by atoms with E-state index in [1.807, 2.05) is 0 Å². The first-order valence-electron chi connectivity index (χ1n) is 7.49. The first-order chi connectivity index (χ1) is 9.79. The second-order valence-corrected chi connectivity index (χ2v) is 6.93. The Bertz CT molecular complexity index is 525. The summed E-state index contributed by atoms with van der Waals surface area (Å²) in [7, 11) is 0. The summed E-state index contributed by atoms with van der Waals surface area (Å²) >= 11 is 0. The maximum Gasteiger partial charge on any atom is 0.295 e. The Labute approximate surface area is 124 Å². The van der Waals surface area contributed by atoms with Crippen LogP contribution in [-0.2, 0) is 0 Å². The van der Waals surface area contributed by atoms with Crippen LogP contribution in [0.15, 0.2) is 18.2 Å². The van der Waals surface area contributed by atoms with Crippen LogP contribution in [0, 0.1) is 27.3 Å². The van der Waals surface area contributed by atoms with E-state index in [4.69, 9.17) is 0 Å². The lowest BCUT2D eigenvalue weighted by molar-refractivity contribution is -0.384. The molecule has 0 saturated heterocycles. The lowest BCUT2D eigenvalue weighted by atomic mass is 9.69. The van der Waals surface area contributed by atoms with E-state index in [2.05, 4.69) is 26.1 Å². The van der Waals surface area contributed by atoms with Gasteiger partial charge in [-0.25, -0.2) is 4.39 Å². The molecule has 116 valence electrons. The average molecular weight is 294 g/mol. The molecule has 1 saturated carbocycles. The van der Waals surface area contributed by atoms with Gasteiger partial charge in [0.15, 0.2) is 0 Å². The number of nitro benzene ring substituents is 1. The van der Waals surface area contributed by atoms with Crippen molar-refractivity contribution in [1.82, 2.24) is 0 Å². The topological polar surface area (TPSA) is 55.2 Å². The predicted molar refractivity (Wildman–Crippen MR) is 81.9 cm³/mol. The summed E-state index contributed by atoms with van der Waals surface area (Å²) in [5, 5.41) is 14.4. The van der Waals surface area contributed by atoms with Crippen LogP contribution in [-0.4, -0.2) is 11.0 Å². The van der Waals surface area contributed by atoms with Gasteiger partial charge in [0.1, 0.15) is 11.5 Å². The van der Waals surface area contributed by atoms with Crippen molar-refractivity contribution < 1.29 is 9.31 Å². The third kappa shape index (κ3) is 3.71. The van der Waals surface area contributed by atoms with E-state index >= 15 is 0 Å². The first kappa shape index (κ1) is 15.7. The molecule has 2 unspecified atom stereocenters. The molecule has 2 atom stereocenters. The zero-order valence-corrected chi connectivity index (χ0v) is 12.9. The quantitative estimate of drug-likeness (QED) is 0.646. The molecule has 1 aliphatic carbocycles. The van der Waals surface area contributed by atoms with Gasteiger partial charge in [0.25, 0.3) is 5.69 Å². The van der Waals surface area contributed by atoms with Crippen LogP contribution in [0.4, 0.5) is 15.8 Å². The Morgan fingerprint density at radius 1 is 1.29 bits per heavy atom. The highest BCUT2D eigenvalue weighted by atomic mass is 19.1. The van der Waals surface area contributed by atoms with E-state index in [0.29, 0.717) is 11.6 Å². The fourth-order valence-corrected chi connectivity index (χ4v) is 3.32. The molecule has 2 rings (SSSR count). The van der Waals surface area contributed by atoms with E-state index in [1.54, 1.807) is 0 Å². The molecule has 0 aliphatic heterocycles. The number of hydrogen-bond donors (Lipinski definition) is 1. The van der Waals surface area contributed by atoms with Gasteiger partial charge in [-0.05, 0) is 36.3 Å². The molecule has 0 aromatic heterocycles. The Kier molecular flexibility index (Phi) is 4.49. The van der Waals surface area contributed by atoms with Gasteiger partial charge in [-0.15, -0.1) is 0 Å². The summed E-state index contributed by atoms with van der Waals surface area (Å²) in [5.41, 5.74) is 0.378.